The largest absolute Gasteiger partial charge is 0.402 e. The molecule has 2 nitrogen and oxygen atoms in total. The molecule has 0 saturated carbocycles. The van der Waals surface area contributed by atoms with Gasteiger partial charge in [-0.05, 0) is 5.12 Å². The normalized spacial score (nSPS) is 33.5. The van der Waals surface area contributed by atoms with Crippen molar-refractivity contribution in [2.24, 2.45) is 0 Å². The van der Waals surface area contributed by atoms with Crippen LogP contribution in [-0.4, -0.2) is 46.7 Å². The average Bonchev–Trinajstić information content (AvgIpc) is 2.34. The number of piperidine rings is 1. The van der Waals surface area contributed by atoms with Crippen molar-refractivity contribution in [2.45, 2.75) is 35.5 Å². The minimum atomic E-state index is -7.63. The van der Waals surface area contributed by atoms with Crippen LogP contribution < -0.4 is 0 Å². The second-order valence-electron chi connectivity index (χ2n) is 4.02. The summed E-state index contributed by atoms with van der Waals surface area (Å²) in [6, 6.07) is -11.8. The van der Waals surface area contributed by atoms with Gasteiger partial charge in [0.25, 0.3) is 0 Å². The second-order valence-corrected chi connectivity index (χ2v) is 4.02. The summed E-state index contributed by atoms with van der Waals surface area (Å²) in [7, 11) is 0. The third-order valence-electron chi connectivity index (χ3n) is 2.76. The first-order valence-electron chi connectivity index (χ1n) is 4.59. The third kappa shape index (κ3) is 1.54. The molecule has 1 unspecified atom stereocenters. The van der Waals surface area contributed by atoms with Gasteiger partial charge in [-0.15, -0.1) is 4.48 Å². The van der Waals surface area contributed by atoms with Crippen LogP contribution in [0.2, 0.25) is 0 Å². The van der Waals surface area contributed by atoms with Crippen LogP contribution in [0.5, 0.6) is 0 Å². The van der Waals surface area contributed by atoms with E-state index in [0.29, 0.717) is 0 Å². The first-order chi connectivity index (χ1) is 9.35. The summed E-state index contributed by atoms with van der Waals surface area (Å²) in [5, 5.41) is -3.98. The quantitative estimate of drug-likeness (QED) is 0.325. The summed E-state index contributed by atoms with van der Waals surface area (Å²) in [6.07, 6.45) is 0. The Bertz CT molecular complexity index is 501. The Balaban J connectivity index is 3.85. The van der Waals surface area contributed by atoms with Crippen LogP contribution >= 0.6 is 0 Å². The lowest BCUT2D eigenvalue weighted by Crippen LogP contribution is -2.85. The fraction of sp³-hybridized carbons (Fsp3) is 0.857. The molecule has 0 N–H and O–H groups in total. The molecule has 1 atom stereocenters. The van der Waals surface area contributed by atoms with Crippen molar-refractivity contribution in [3.8, 4) is 0 Å². The van der Waals surface area contributed by atoms with Crippen molar-refractivity contribution >= 4 is 6.04 Å². The predicted molar refractivity (Wildman–Crippen MR) is 37.6 cm³/mol. The number of nitrogens with zero attached hydrogens (tertiary/aromatic N) is 1. The predicted octanol–water partition coefficient (Wildman–Crippen LogP) is 3.48. The van der Waals surface area contributed by atoms with Gasteiger partial charge in [-0.1, -0.05) is 0 Å². The Hall–Kier alpha value is -1.28. The number of hydrogen-bond acceptors (Lipinski definition) is 2. The van der Waals surface area contributed by atoms with Crippen molar-refractivity contribution in [3.05, 3.63) is 0 Å². The molecule has 0 spiro atoms. The Kier molecular flexibility index (Phi) is 3.56. The summed E-state index contributed by atoms with van der Waals surface area (Å²) in [5.41, 5.74) is 0. The molecule has 0 aromatic rings. The smallest absolute Gasteiger partial charge is 0.254 e. The van der Waals surface area contributed by atoms with Crippen LogP contribution in [0.25, 0.3) is 0 Å². The number of rotatable bonds is 2. The Morgan fingerprint density at radius 2 is 1.14 bits per heavy atom. The van der Waals surface area contributed by atoms with Gasteiger partial charge in [0.1, 0.15) is 0 Å². The van der Waals surface area contributed by atoms with Gasteiger partial charge in [0.15, 0.2) is 0 Å². The maximum absolute atomic E-state index is 13.4. The van der Waals surface area contributed by atoms with Crippen LogP contribution in [0.1, 0.15) is 0 Å². The molecule has 1 heterocycles. The molecule has 1 rings (SSSR count). The second kappa shape index (κ2) is 4.17. The van der Waals surface area contributed by atoms with Crippen LogP contribution in [0.3, 0.4) is 0 Å². The van der Waals surface area contributed by atoms with Gasteiger partial charge in [-0.3, -0.25) is 4.79 Å². The number of halogens is 13. The summed E-state index contributed by atoms with van der Waals surface area (Å²) >= 11 is 0. The van der Waals surface area contributed by atoms with Crippen LogP contribution in [0.15, 0.2) is 0 Å². The SMILES string of the molecule is O=C(F)C(F)(F)C1(F)N(F)C(F)(F)C(F)(F)C(F)(F)C1(F)F. The molecule has 0 radical (unpaired) electrons. The van der Waals surface area contributed by atoms with Crippen LogP contribution in [0, 0.1) is 0 Å². The van der Waals surface area contributed by atoms with Gasteiger partial charge in [0.2, 0.25) is 0 Å². The van der Waals surface area contributed by atoms with E-state index >= 15 is 0 Å². The maximum Gasteiger partial charge on any atom is 0.402 e. The minimum Gasteiger partial charge on any atom is -0.254 e. The topological polar surface area (TPSA) is 20.3 Å². The molecule has 0 aromatic carbocycles. The fourth-order valence-corrected chi connectivity index (χ4v) is 1.48. The van der Waals surface area contributed by atoms with E-state index in [1.807, 2.05) is 0 Å². The highest BCUT2D eigenvalue weighted by Crippen LogP contribution is 2.67. The molecular formula is C7F13NO. The van der Waals surface area contributed by atoms with Gasteiger partial charge in [0.05, 0.1) is 0 Å². The lowest BCUT2D eigenvalue weighted by atomic mass is 9.85. The zero-order chi connectivity index (χ0) is 18.2. The molecule has 0 amide bonds. The Morgan fingerprint density at radius 1 is 0.773 bits per heavy atom. The molecule has 130 valence electrons. The number of alkyl halides is 11. The summed E-state index contributed by atoms with van der Waals surface area (Å²) in [6.45, 7) is 0. The monoisotopic (exact) mass is 361 g/mol. The van der Waals surface area contributed by atoms with E-state index in [0.717, 1.165) is 0 Å². The van der Waals surface area contributed by atoms with E-state index in [4.69, 9.17) is 0 Å². The van der Waals surface area contributed by atoms with Crippen molar-refractivity contribution in [2.75, 3.05) is 0 Å². The summed E-state index contributed by atoms with van der Waals surface area (Å²) in [5.74, 6) is -37.2. The van der Waals surface area contributed by atoms with Gasteiger partial charge in [0, 0.05) is 0 Å². The average molecular weight is 361 g/mol. The molecule has 0 aromatic heterocycles. The van der Waals surface area contributed by atoms with Crippen molar-refractivity contribution in [1.82, 2.24) is 5.12 Å². The zero-order valence-electron chi connectivity index (χ0n) is 9.27. The highest BCUT2D eigenvalue weighted by Gasteiger charge is 3.00. The van der Waals surface area contributed by atoms with E-state index in [1.165, 1.54) is 0 Å². The Labute approximate surface area is 110 Å². The van der Waals surface area contributed by atoms with Gasteiger partial charge >= 0.3 is 41.6 Å². The molecule has 0 aliphatic carbocycles. The van der Waals surface area contributed by atoms with E-state index < -0.39 is 46.7 Å². The molecule has 1 aliphatic heterocycles. The standard InChI is InChI=1S/C7F13NO/c8-1(22)2(9,10)6(17)4(13,14)3(11,12)5(15,16)7(18,19)21(6)20. The molecule has 1 fully saturated rings. The lowest BCUT2D eigenvalue weighted by Gasteiger charge is -2.51. The zero-order valence-corrected chi connectivity index (χ0v) is 9.27. The summed E-state index contributed by atoms with van der Waals surface area (Å²) in [4.78, 5) is 9.73. The minimum absolute atomic E-state index is 3.98. The fourth-order valence-electron chi connectivity index (χ4n) is 1.48. The maximum atomic E-state index is 13.4. The van der Waals surface area contributed by atoms with Crippen molar-refractivity contribution in [1.29, 1.82) is 0 Å². The van der Waals surface area contributed by atoms with E-state index in [-0.39, 0.29) is 0 Å². The third-order valence-corrected chi connectivity index (χ3v) is 2.76. The first-order valence-corrected chi connectivity index (χ1v) is 4.59. The lowest BCUT2D eigenvalue weighted by molar-refractivity contribution is -0.532. The van der Waals surface area contributed by atoms with Gasteiger partial charge < -0.3 is 0 Å². The molecule has 0 bridgehead atoms. The Morgan fingerprint density at radius 3 is 1.45 bits per heavy atom. The van der Waals surface area contributed by atoms with Gasteiger partial charge in [-0.2, -0.15) is 48.3 Å². The van der Waals surface area contributed by atoms with E-state index in [9.17, 15) is 62.0 Å². The van der Waals surface area contributed by atoms with Gasteiger partial charge in [-0.25, -0.2) is 4.39 Å². The first kappa shape index (κ1) is 18.8. The molecule has 22 heavy (non-hydrogen) atoms. The van der Waals surface area contributed by atoms with Crippen LogP contribution in [0.4, 0.5) is 57.2 Å². The molecule has 1 aliphatic rings. The highest BCUT2D eigenvalue weighted by molar-refractivity contribution is 5.78. The molecule has 1 saturated heterocycles. The molecule has 15 heteroatoms. The highest BCUT2D eigenvalue weighted by atomic mass is 19.4. The number of carbonyl (C=O) groups excluding carboxylic acids is 1. The van der Waals surface area contributed by atoms with Crippen LogP contribution in [-0.2, 0) is 4.79 Å². The summed E-state index contributed by atoms with van der Waals surface area (Å²) < 4.78 is 165. The van der Waals surface area contributed by atoms with E-state index in [1.54, 1.807) is 0 Å². The van der Waals surface area contributed by atoms with E-state index in [2.05, 4.69) is 0 Å². The number of hydrogen-bond donors (Lipinski definition) is 0. The van der Waals surface area contributed by atoms with Crippen molar-refractivity contribution in [3.63, 3.8) is 0 Å². The number of carbonyl (C=O) groups is 1. The molecular weight excluding hydrogens is 361 g/mol. The van der Waals surface area contributed by atoms with Crippen molar-refractivity contribution < 1.29 is 62.0 Å².